The van der Waals surface area contributed by atoms with E-state index in [1.165, 1.54) is 20.0 Å². The highest BCUT2D eigenvalue weighted by Gasteiger charge is 2.35. The van der Waals surface area contributed by atoms with E-state index in [2.05, 4.69) is 31.7 Å². The fraction of sp³-hybridized carbons (Fsp3) is 0.529. The van der Waals surface area contributed by atoms with Gasteiger partial charge in [0.25, 0.3) is 6.47 Å². The van der Waals surface area contributed by atoms with Crippen LogP contribution in [0.25, 0.3) is 0 Å². The first-order chi connectivity index (χ1) is 13.0. The number of aromatic nitrogens is 5. The predicted molar refractivity (Wildman–Crippen MR) is 94.6 cm³/mol. The van der Waals surface area contributed by atoms with Crippen LogP contribution in [0.3, 0.4) is 0 Å². The highest BCUT2D eigenvalue weighted by molar-refractivity contribution is 5.87. The van der Waals surface area contributed by atoms with E-state index in [1.54, 1.807) is 6.07 Å². The third-order valence-electron chi connectivity index (χ3n) is 4.51. The van der Waals surface area contributed by atoms with Gasteiger partial charge in [-0.05, 0) is 32.8 Å². The molecule has 2 aromatic rings. The molecule has 0 unspecified atom stereocenters. The Balaban J connectivity index is 0.000000659. The van der Waals surface area contributed by atoms with Crippen LogP contribution in [0, 0.1) is 6.92 Å². The average Bonchev–Trinajstić information content (AvgIpc) is 3.40. The number of methoxy groups -OCH3 is 1. The standard InChI is InChI=1S/C16H20N6O2.CH2O2/c1-9-6-12(15(23)24-3)18-16(17-9)21-7-10(2)22-13(8-21)19-20-14(22)11-4-5-11;2-1-3/h6,10-11H,4-5,7-8H2,1-3H3;1H,(H,2,3)/t10-;/m0./s1. The largest absolute Gasteiger partial charge is 0.483 e. The van der Waals surface area contributed by atoms with Crippen LogP contribution in [-0.2, 0) is 16.1 Å². The molecule has 2 aliphatic rings. The zero-order chi connectivity index (χ0) is 19.6. The van der Waals surface area contributed by atoms with Gasteiger partial charge in [-0.15, -0.1) is 10.2 Å². The van der Waals surface area contributed by atoms with Gasteiger partial charge in [-0.25, -0.2) is 14.8 Å². The smallest absolute Gasteiger partial charge is 0.356 e. The molecule has 3 heterocycles. The van der Waals surface area contributed by atoms with Gasteiger partial charge in [0.05, 0.1) is 19.7 Å². The number of hydrogen-bond acceptors (Lipinski definition) is 8. The van der Waals surface area contributed by atoms with Crippen molar-refractivity contribution in [2.75, 3.05) is 18.6 Å². The van der Waals surface area contributed by atoms with Crippen molar-refractivity contribution >= 4 is 18.4 Å². The minimum Gasteiger partial charge on any atom is -0.483 e. The first-order valence-electron chi connectivity index (χ1n) is 8.69. The number of ether oxygens (including phenoxy) is 1. The van der Waals surface area contributed by atoms with Gasteiger partial charge in [-0.2, -0.15) is 0 Å². The van der Waals surface area contributed by atoms with Gasteiger partial charge in [-0.1, -0.05) is 0 Å². The van der Waals surface area contributed by atoms with E-state index in [1.807, 2.05) is 11.8 Å². The molecule has 4 rings (SSSR count). The maximum atomic E-state index is 11.8. The number of anilines is 1. The Labute approximate surface area is 156 Å². The molecule has 0 radical (unpaired) electrons. The number of aryl methyl sites for hydroxylation is 1. The lowest BCUT2D eigenvalue weighted by Crippen LogP contribution is -2.38. The van der Waals surface area contributed by atoms with Gasteiger partial charge < -0.3 is 19.3 Å². The van der Waals surface area contributed by atoms with E-state index in [4.69, 9.17) is 14.6 Å². The summed E-state index contributed by atoms with van der Waals surface area (Å²) in [6, 6.07) is 1.88. The van der Waals surface area contributed by atoms with Crippen LogP contribution in [-0.4, -0.2) is 55.9 Å². The molecule has 0 aromatic carbocycles. The number of fused-ring (bicyclic) bond motifs is 1. The third kappa shape index (κ3) is 3.88. The molecule has 1 aliphatic carbocycles. The van der Waals surface area contributed by atoms with Crippen LogP contribution >= 0.6 is 0 Å². The Hall–Kier alpha value is -3.04. The minimum atomic E-state index is -0.453. The topological polar surface area (TPSA) is 123 Å². The van der Waals surface area contributed by atoms with E-state index in [-0.39, 0.29) is 18.2 Å². The fourth-order valence-electron chi connectivity index (χ4n) is 3.24. The van der Waals surface area contributed by atoms with E-state index in [0.717, 1.165) is 23.9 Å². The molecule has 1 fully saturated rings. The van der Waals surface area contributed by atoms with Gasteiger partial charge in [0.2, 0.25) is 5.95 Å². The number of carbonyl (C=O) groups is 2. The van der Waals surface area contributed by atoms with Gasteiger partial charge in [0, 0.05) is 18.2 Å². The maximum Gasteiger partial charge on any atom is 0.356 e. The monoisotopic (exact) mass is 374 g/mol. The van der Waals surface area contributed by atoms with Crippen molar-refractivity contribution < 1.29 is 19.4 Å². The summed E-state index contributed by atoms with van der Waals surface area (Å²) in [7, 11) is 1.35. The summed E-state index contributed by atoms with van der Waals surface area (Å²) in [6.07, 6.45) is 2.41. The fourth-order valence-corrected chi connectivity index (χ4v) is 3.24. The van der Waals surface area contributed by atoms with Crippen LogP contribution in [0.4, 0.5) is 5.95 Å². The quantitative estimate of drug-likeness (QED) is 0.625. The Morgan fingerprint density at radius 3 is 2.67 bits per heavy atom. The molecular formula is C17H22N6O4. The molecule has 0 bridgehead atoms. The zero-order valence-electron chi connectivity index (χ0n) is 15.5. The molecule has 144 valence electrons. The van der Waals surface area contributed by atoms with Crippen molar-refractivity contribution in [1.82, 2.24) is 24.7 Å². The number of carboxylic acid groups (broad SMARTS) is 1. The van der Waals surface area contributed by atoms with E-state index in [0.29, 0.717) is 18.4 Å². The summed E-state index contributed by atoms with van der Waals surface area (Å²) in [5, 5.41) is 15.6. The highest BCUT2D eigenvalue weighted by Crippen LogP contribution is 2.41. The van der Waals surface area contributed by atoms with E-state index < -0.39 is 5.97 Å². The van der Waals surface area contributed by atoms with Crippen molar-refractivity contribution in [1.29, 1.82) is 0 Å². The summed E-state index contributed by atoms with van der Waals surface area (Å²) >= 11 is 0. The molecule has 1 aliphatic heterocycles. The molecule has 1 N–H and O–H groups in total. The Bertz CT molecular complexity index is 848. The lowest BCUT2D eigenvalue weighted by Gasteiger charge is -2.32. The second-order valence-electron chi connectivity index (χ2n) is 6.64. The molecule has 0 saturated heterocycles. The summed E-state index contributed by atoms with van der Waals surface area (Å²) in [5.74, 6) is 2.69. The van der Waals surface area contributed by atoms with Crippen molar-refractivity contribution in [2.45, 2.75) is 45.2 Å². The highest BCUT2D eigenvalue weighted by atomic mass is 16.5. The summed E-state index contributed by atoms with van der Waals surface area (Å²) in [6.45, 7) is 5.10. The van der Waals surface area contributed by atoms with Crippen molar-refractivity contribution in [2.24, 2.45) is 0 Å². The zero-order valence-corrected chi connectivity index (χ0v) is 15.5. The first-order valence-corrected chi connectivity index (χ1v) is 8.69. The molecular weight excluding hydrogens is 352 g/mol. The molecule has 0 spiro atoms. The number of hydrogen-bond donors (Lipinski definition) is 1. The normalized spacial score (nSPS) is 18.2. The Morgan fingerprint density at radius 1 is 1.33 bits per heavy atom. The third-order valence-corrected chi connectivity index (χ3v) is 4.51. The van der Waals surface area contributed by atoms with Crippen molar-refractivity contribution in [3.8, 4) is 0 Å². The first kappa shape index (κ1) is 18.7. The van der Waals surface area contributed by atoms with Crippen LogP contribution in [0.2, 0.25) is 0 Å². The van der Waals surface area contributed by atoms with Gasteiger partial charge in [-0.3, -0.25) is 4.79 Å². The number of carbonyl (C=O) groups excluding carboxylic acids is 1. The van der Waals surface area contributed by atoms with Gasteiger partial charge in [0.1, 0.15) is 5.82 Å². The molecule has 10 nitrogen and oxygen atoms in total. The molecule has 1 saturated carbocycles. The van der Waals surface area contributed by atoms with Gasteiger partial charge in [0.15, 0.2) is 11.5 Å². The molecule has 1 atom stereocenters. The maximum absolute atomic E-state index is 11.8. The molecule has 10 heteroatoms. The second-order valence-corrected chi connectivity index (χ2v) is 6.64. The number of esters is 1. The summed E-state index contributed by atoms with van der Waals surface area (Å²) < 4.78 is 7.03. The Kier molecular flexibility index (Phi) is 5.33. The molecule has 2 aromatic heterocycles. The number of nitrogens with zero attached hydrogens (tertiary/aromatic N) is 6. The van der Waals surface area contributed by atoms with Gasteiger partial charge >= 0.3 is 5.97 Å². The van der Waals surface area contributed by atoms with Crippen LogP contribution in [0.1, 0.15) is 59.6 Å². The van der Waals surface area contributed by atoms with Crippen LogP contribution < -0.4 is 4.90 Å². The summed E-state index contributed by atoms with van der Waals surface area (Å²) in [5.41, 5.74) is 1.01. The lowest BCUT2D eigenvalue weighted by atomic mass is 10.2. The summed E-state index contributed by atoms with van der Waals surface area (Å²) in [4.78, 5) is 31.1. The van der Waals surface area contributed by atoms with Crippen molar-refractivity contribution in [3.63, 3.8) is 0 Å². The predicted octanol–water partition coefficient (Wildman–Crippen LogP) is 1.32. The second kappa shape index (κ2) is 7.68. The SMILES string of the molecule is COC(=O)c1cc(C)nc(N2Cc3nnc(C4CC4)n3[C@@H](C)C2)n1.O=CO. The molecule has 27 heavy (non-hydrogen) atoms. The van der Waals surface area contributed by atoms with Crippen molar-refractivity contribution in [3.05, 3.63) is 29.1 Å². The Morgan fingerprint density at radius 2 is 2.04 bits per heavy atom. The van der Waals surface area contributed by atoms with Crippen LogP contribution in [0.15, 0.2) is 6.07 Å². The molecule has 0 amide bonds. The number of rotatable bonds is 3. The van der Waals surface area contributed by atoms with Crippen LogP contribution in [0.5, 0.6) is 0 Å². The average molecular weight is 374 g/mol. The van der Waals surface area contributed by atoms with E-state index >= 15 is 0 Å². The minimum absolute atomic E-state index is 0.241. The lowest BCUT2D eigenvalue weighted by molar-refractivity contribution is -0.122. The van der Waals surface area contributed by atoms with E-state index in [9.17, 15) is 4.79 Å².